The number of nitrogens with one attached hydrogen (secondary N) is 1. The first-order chi connectivity index (χ1) is 8.19. The number of hydrogen-bond acceptors (Lipinski definition) is 3. The molecule has 3 nitrogen and oxygen atoms in total. The molecule has 0 radical (unpaired) electrons. The van der Waals surface area contributed by atoms with Gasteiger partial charge in [0.25, 0.3) is 0 Å². The normalized spacial score (nSPS) is 12.4. The lowest BCUT2D eigenvalue weighted by atomic mass is 10.2. The molecule has 0 saturated carbocycles. The summed E-state index contributed by atoms with van der Waals surface area (Å²) in [5.41, 5.74) is 1.06. The fourth-order valence-electron chi connectivity index (χ4n) is 1.68. The van der Waals surface area contributed by atoms with E-state index in [4.69, 9.17) is 0 Å². The third-order valence-electron chi connectivity index (χ3n) is 2.62. The quantitative estimate of drug-likeness (QED) is 0.568. The highest BCUT2D eigenvalue weighted by Gasteiger charge is 2.10. The van der Waals surface area contributed by atoms with Gasteiger partial charge in [-0.3, -0.25) is 0 Å². The Balaban J connectivity index is 2.63. The lowest BCUT2D eigenvalue weighted by Crippen LogP contribution is -2.11. The zero-order valence-electron chi connectivity index (χ0n) is 11.1. The molecular formula is C13H23N3S. The Labute approximate surface area is 109 Å². The second-order valence-corrected chi connectivity index (χ2v) is 5.51. The van der Waals surface area contributed by atoms with Gasteiger partial charge in [-0.15, -0.1) is 6.58 Å². The van der Waals surface area contributed by atoms with Gasteiger partial charge in [-0.1, -0.05) is 13.0 Å². The molecule has 1 heterocycles. The van der Waals surface area contributed by atoms with Crippen LogP contribution in [0.5, 0.6) is 0 Å². The van der Waals surface area contributed by atoms with Gasteiger partial charge < -0.3 is 9.88 Å². The largest absolute Gasteiger partial charge is 0.352 e. The number of thioether (sulfide) groups is 1. The minimum atomic E-state index is 0.488. The first-order valence-corrected chi connectivity index (χ1v) is 7.32. The van der Waals surface area contributed by atoms with Crippen molar-refractivity contribution >= 4 is 17.7 Å². The van der Waals surface area contributed by atoms with Crippen molar-refractivity contribution in [2.45, 2.75) is 33.2 Å². The number of aromatic nitrogens is 2. The van der Waals surface area contributed by atoms with Crippen LogP contribution in [0, 0.1) is 6.92 Å². The summed E-state index contributed by atoms with van der Waals surface area (Å²) in [6.07, 6.45) is 5.15. The molecule has 0 bridgehead atoms. The Morgan fingerprint density at radius 1 is 1.65 bits per heavy atom. The molecule has 1 atom stereocenters. The van der Waals surface area contributed by atoms with Crippen molar-refractivity contribution in [1.29, 1.82) is 0 Å². The lowest BCUT2D eigenvalue weighted by molar-refractivity contribution is 0.539. The van der Waals surface area contributed by atoms with Crippen molar-refractivity contribution in [2.75, 3.05) is 23.4 Å². The Bertz CT molecular complexity index is 346. The highest BCUT2D eigenvalue weighted by molar-refractivity contribution is 7.99. The predicted octanol–water partition coefficient (Wildman–Crippen LogP) is 3.49. The summed E-state index contributed by atoms with van der Waals surface area (Å²) in [6.45, 7) is 11.0. The molecule has 1 aromatic heterocycles. The highest BCUT2D eigenvalue weighted by Crippen LogP contribution is 2.20. The van der Waals surface area contributed by atoms with Crippen LogP contribution in [0.25, 0.3) is 0 Å². The molecule has 0 aliphatic carbocycles. The standard InChI is InChI=1S/C13H23N3S/c1-5-8-14-13-15-11(3)10-16(13)12(4)7-9-17-6-2/h5,10,12H,1,6-9H2,2-4H3,(H,14,15). The van der Waals surface area contributed by atoms with E-state index in [0.29, 0.717) is 6.04 Å². The van der Waals surface area contributed by atoms with Gasteiger partial charge in [0, 0.05) is 18.8 Å². The average molecular weight is 253 g/mol. The minimum Gasteiger partial charge on any atom is -0.352 e. The van der Waals surface area contributed by atoms with Gasteiger partial charge in [0.05, 0.1) is 5.69 Å². The van der Waals surface area contributed by atoms with Crippen LogP contribution in [-0.2, 0) is 0 Å². The zero-order chi connectivity index (χ0) is 12.7. The molecule has 0 fully saturated rings. The Kier molecular flexibility index (Phi) is 6.19. The number of aryl methyl sites for hydroxylation is 1. The van der Waals surface area contributed by atoms with Gasteiger partial charge in [-0.05, 0) is 31.8 Å². The van der Waals surface area contributed by atoms with E-state index in [-0.39, 0.29) is 0 Å². The van der Waals surface area contributed by atoms with Gasteiger partial charge in [0.2, 0.25) is 5.95 Å². The summed E-state index contributed by atoms with van der Waals surface area (Å²) >= 11 is 1.99. The molecule has 1 rings (SSSR count). The average Bonchev–Trinajstić information content (AvgIpc) is 2.68. The van der Waals surface area contributed by atoms with Gasteiger partial charge >= 0.3 is 0 Å². The Hall–Kier alpha value is -0.900. The summed E-state index contributed by atoms with van der Waals surface area (Å²) in [5, 5.41) is 3.28. The maximum Gasteiger partial charge on any atom is 0.203 e. The molecule has 4 heteroatoms. The van der Waals surface area contributed by atoms with Crippen LogP contribution in [0.15, 0.2) is 18.9 Å². The van der Waals surface area contributed by atoms with E-state index in [2.05, 4.69) is 41.5 Å². The molecule has 0 aliphatic heterocycles. The molecular weight excluding hydrogens is 230 g/mol. The second-order valence-electron chi connectivity index (χ2n) is 4.12. The number of nitrogens with zero attached hydrogens (tertiary/aromatic N) is 2. The molecule has 1 unspecified atom stereocenters. The molecule has 0 aliphatic rings. The van der Waals surface area contributed by atoms with Gasteiger partial charge in [-0.25, -0.2) is 4.98 Å². The van der Waals surface area contributed by atoms with E-state index >= 15 is 0 Å². The number of anilines is 1. The van der Waals surface area contributed by atoms with Crippen molar-refractivity contribution in [2.24, 2.45) is 0 Å². The van der Waals surface area contributed by atoms with Crippen LogP contribution in [0.1, 0.15) is 32.0 Å². The molecule has 0 amide bonds. The van der Waals surface area contributed by atoms with Crippen LogP contribution < -0.4 is 5.32 Å². The molecule has 0 aromatic carbocycles. The van der Waals surface area contributed by atoms with Crippen LogP contribution in [0.2, 0.25) is 0 Å². The molecule has 17 heavy (non-hydrogen) atoms. The monoisotopic (exact) mass is 253 g/mol. The van der Waals surface area contributed by atoms with E-state index in [1.165, 1.54) is 17.9 Å². The molecule has 1 aromatic rings. The van der Waals surface area contributed by atoms with Crippen molar-refractivity contribution in [3.05, 3.63) is 24.5 Å². The smallest absolute Gasteiger partial charge is 0.203 e. The van der Waals surface area contributed by atoms with Crippen LogP contribution in [0.3, 0.4) is 0 Å². The first-order valence-electron chi connectivity index (χ1n) is 6.17. The zero-order valence-corrected chi connectivity index (χ0v) is 11.9. The fourth-order valence-corrected chi connectivity index (χ4v) is 2.48. The molecule has 0 saturated heterocycles. The Morgan fingerprint density at radius 3 is 3.06 bits per heavy atom. The summed E-state index contributed by atoms with van der Waals surface area (Å²) in [4.78, 5) is 4.49. The SMILES string of the molecule is C=CCNc1nc(C)cn1C(C)CCSCC. The predicted molar refractivity (Wildman–Crippen MR) is 78.0 cm³/mol. The maximum absolute atomic E-state index is 4.49. The molecule has 1 N–H and O–H groups in total. The van der Waals surface area contributed by atoms with E-state index in [9.17, 15) is 0 Å². The second kappa shape index (κ2) is 7.43. The van der Waals surface area contributed by atoms with Crippen molar-refractivity contribution < 1.29 is 0 Å². The third kappa shape index (κ3) is 4.46. The van der Waals surface area contributed by atoms with Crippen molar-refractivity contribution in [3.63, 3.8) is 0 Å². The number of rotatable bonds is 8. The van der Waals surface area contributed by atoms with Crippen LogP contribution in [-0.4, -0.2) is 27.6 Å². The lowest BCUT2D eigenvalue weighted by Gasteiger charge is -2.16. The van der Waals surface area contributed by atoms with E-state index in [0.717, 1.165) is 18.2 Å². The Morgan fingerprint density at radius 2 is 2.41 bits per heavy atom. The fraction of sp³-hybridized carbons (Fsp3) is 0.615. The maximum atomic E-state index is 4.49. The first kappa shape index (κ1) is 14.2. The summed E-state index contributed by atoms with van der Waals surface area (Å²) in [7, 11) is 0. The highest BCUT2D eigenvalue weighted by atomic mass is 32.2. The van der Waals surface area contributed by atoms with E-state index in [1.54, 1.807) is 0 Å². The van der Waals surface area contributed by atoms with Gasteiger partial charge in [-0.2, -0.15) is 11.8 Å². The molecule has 96 valence electrons. The van der Waals surface area contributed by atoms with E-state index in [1.807, 2.05) is 24.8 Å². The third-order valence-corrected chi connectivity index (χ3v) is 3.55. The van der Waals surface area contributed by atoms with Crippen molar-refractivity contribution in [3.8, 4) is 0 Å². The van der Waals surface area contributed by atoms with Crippen LogP contribution in [0.4, 0.5) is 5.95 Å². The van der Waals surface area contributed by atoms with E-state index < -0.39 is 0 Å². The molecule has 0 spiro atoms. The number of imidazole rings is 1. The topological polar surface area (TPSA) is 29.9 Å². The van der Waals surface area contributed by atoms with Crippen LogP contribution >= 0.6 is 11.8 Å². The van der Waals surface area contributed by atoms with Crippen molar-refractivity contribution in [1.82, 2.24) is 9.55 Å². The summed E-state index contributed by atoms with van der Waals surface area (Å²) in [5.74, 6) is 3.35. The van der Waals surface area contributed by atoms with Gasteiger partial charge in [0.15, 0.2) is 0 Å². The number of hydrogen-bond donors (Lipinski definition) is 1. The minimum absolute atomic E-state index is 0.488. The van der Waals surface area contributed by atoms with Gasteiger partial charge in [0.1, 0.15) is 0 Å². The summed E-state index contributed by atoms with van der Waals surface area (Å²) in [6, 6.07) is 0.488. The summed E-state index contributed by atoms with van der Waals surface area (Å²) < 4.78 is 2.23.